The van der Waals surface area contributed by atoms with Crippen LogP contribution in [0.2, 0.25) is 0 Å². The van der Waals surface area contributed by atoms with Crippen molar-refractivity contribution in [3.8, 4) is 0 Å². The van der Waals surface area contributed by atoms with Gasteiger partial charge in [0.15, 0.2) is 6.10 Å². The zero-order valence-corrected chi connectivity index (χ0v) is 19.8. The summed E-state index contributed by atoms with van der Waals surface area (Å²) in [5.74, 6) is -0.696. The van der Waals surface area contributed by atoms with Gasteiger partial charge in [-0.2, -0.15) is 0 Å². The van der Waals surface area contributed by atoms with Crippen LogP contribution in [0.3, 0.4) is 0 Å². The maximum Gasteiger partial charge on any atom is 0.252 e. The lowest BCUT2D eigenvalue weighted by atomic mass is 9.99. The van der Waals surface area contributed by atoms with Gasteiger partial charge >= 0.3 is 0 Å². The smallest absolute Gasteiger partial charge is 0.252 e. The average Bonchev–Trinajstić information content (AvgIpc) is 2.99. The largest absolute Gasteiger partial charge is 0.387 e. The Hall–Kier alpha value is -2.26. The maximum atomic E-state index is 13.1. The number of aliphatic hydroxyl groups is 3. The Morgan fingerprint density at radius 1 is 1.18 bits per heavy atom. The van der Waals surface area contributed by atoms with E-state index in [2.05, 4.69) is 5.32 Å². The number of methoxy groups -OCH3 is 1. The first-order valence-corrected chi connectivity index (χ1v) is 11.7. The normalized spacial score (nSPS) is 21.8. The van der Waals surface area contributed by atoms with Gasteiger partial charge in [-0.25, -0.2) is 0 Å². The lowest BCUT2D eigenvalue weighted by Crippen LogP contribution is -2.55. The molecule has 1 unspecified atom stereocenters. The third kappa shape index (κ3) is 7.92. The molecular formula is C25H38N2O6. The van der Waals surface area contributed by atoms with Crippen molar-refractivity contribution in [1.82, 2.24) is 10.2 Å². The summed E-state index contributed by atoms with van der Waals surface area (Å²) in [7, 11) is 1.23. The molecule has 0 spiro atoms. The van der Waals surface area contributed by atoms with Gasteiger partial charge < -0.3 is 30.3 Å². The molecular weight excluding hydrogens is 424 g/mol. The molecule has 33 heavy (non-hydrogen) atoms. The number of carbonyl (C=O) groups is 2. The Balaban J connectivity index is 2.03. The van der Waals surface area contributed by atoms with Gasteiger partial charge in [0.2, 0.25) is 5.91 Å². The molecule has 1 fully saturated rings. The summed E-state index contributed by atoms with van der Waals surface area (Å²) in [5, 5.41) is 33.7. The van der Waals surface area contributed by atoms with Gasteiger partial charge in [-0.15, -0.1) is 0 Å². The fraction of sp³-hybridized carbons (Fsp3) is 0.600. The fourth-order valence-electron chi connectivity index (χ4n) is 3.79. The van der Waals surface area contributed by atoms with Gasteiger partial charge in [-0.05, 0) is 30.7 Å². The Morgan fingerprint density at radius 2 is 1.88 bits per heavy atom. The molecule has 8 heteroatoms. The number of likely N-dealkylation sites (tertiary alicyclic amines) is 1. The van der Waals surface area contributed by atoms with Crippen LogP contribution in [0.4, 0.5) is 0 Å². The molecule has 8 nitrogen and oxygen atoms in total. The summed E-state index contributed by atoms with van der Waals surface area (Å²) >= 11 is 0. The number of hydrogen-bond acceptors (Lipinski definition) is 6. The van der Waals surface area contributed by atoms with E-state index in [-0.39, 0.29) is 11.8 Å². The van der Waals surface area contributed by atoms with Gasteiger partial charge in [0.1, 0.15) is 24.4 Å². The molecule has 1 aliphatic rings. The highest BCUT2D eigenvalue weighted by Gasteiger charge is 2.37. The molecule has 1 aromatic rings. The van der Waals surface area contributed by atoms with Crippen molar-refractivity contribution < 1.29 is 29.6 Å². The number of aliphatic hydroxyl groups excluding tert-OH is 3. The van der Waals surface area contributed by atoms with Crippen LogP contribution in [0.15, 0.2) is 42.5 Å². The standard InChI is InChI=1S/C25H38N2O6/c1-4-17(2)13-14-20(28)21(29)22(30)23(33-3)24(31)26-19-12-8-9-15-27(25(19)32)16-18-10-6-5-7-11-18/h5-7,10-11,13-14,17,19-23,28-30H,4,8-9,12,15-16H2,1-3H3,(H,26,31)/b14-13+/t17?,19-,20+,21-,22+,23+/m0/s1. The minimum absolute atomic E-state index is 0.189. The zero-order valence-electron chi connectivity index (χ0n) is 19.8. The van der Waals surface area contributed by atoms with E-state index in [4.69, 9.17) is 4.74 Å². The molecule has 1 saturated heterocycles. The van der Waals surface area contributed by atoms with Crippen LogP contribution in [0.5, 0.6) is 0 Å². The summed E-state index contributed by atoms with van der Waals surface area (Å²) in [6.45, 7) is 5.01. The Morgan fingerprint density at radius 3 is 2.52 bits per heavy atom. The molecule has 0 aliphatic carbocycles. The number of carbonyl (C=O) groups excluding carboxylic acids is 2. The van der Waals surface area contributed by atoms with Crippen molar-refractivity contribution in [2.24, 2.45) is 5.92 Å². The highest BCUT2D eigenvalue weighted by Crippen LogP contribution is 2.17. The third-order valence-corrected chi connectivity index (χ3v) is 6.12. The molecule has 1 heterocycles. The Kier molecular flexibility index (Phi) is 11.0. The summed E-state index contributed by atoms with van der Waals surface area (Å²) in [4.78, 5) is 27.7. The van der Waals surface area contributed by atoms with Crippen LogP contribution in [0, 0.1) is 5.92 Å². The summed E-state index contributed by atoms with van der Waals surface area (Å²) in [6, 6.07) is 8.90. The number of amides is 2. The lowest BCUT2D eigenvalue weighted by Gasteiger charge is -2.29. The number of benzene rings is 1. The van der Waals surface area contributed by atoms with Crippen LogP contribution in [-0.2, 0) is 20.9 Å². The molecule has 184 valence electrons. The van der Waals surface area contributed by atoms with Gasteiger partial charge in [0, 0.05) is 20.2 Å². The molecule has 0 saturated carbocycles. The molecule has 1 aromatic carbocycles. The first kappa shape index (κ1) is 27.0. The second-order valence-electron chi connectivity index (χ2n) is 8.70. The van der Waals surface area contributed by atoms with E-state index in [1.54, 1.807) is 11.0 Å². The van der Waals surface area contributed by atoms with E-state index in [1.165, 1.54) is 13.2 Å². The van der Waals surface area contributed by atoms with E-state index in [0.717, 1.165) is 24.8 Å². The highest BCUT2D eigenvalue weighted by molar-refractivity contribution is 5.89. The number of allylic oxidation sites excluding steroid dienone is 1. The fourth-order valence-corrected chi connectivity index (χ4v) is 3.79. The topological polar surface area (TPSA) is 119 Å². The lowest BCUT2D eigenvalue weighted by molar-refractivity contribution is -0.151. The monoisotopic (exact) mass is 462 g/mol. The van der Waals surface area contributed by atoms with Crippen molar-refractivity contribution in [2.45, 2.75) is 76.5 Å². The van der Waals surface area contributed by atoms with E-state index in [1.807, 2.05) is 44.2 Å². The quantitative estimate of drug-likeness (QED) is 0.369. The molecule has 0 radical (unpaired) electrons. The number of ether oxygens (including phenoxy) is 1. The minimum Gasteiger partial charge on any atom is -0.387 e. The van der Waals surface area contributed by atoms with Crippen molar-refractivity contribution in [2.75, 3.05) is 13.7 Å². The van der Waals surface area contributed by atoms with E-state index in [9.17, 15) is 24.9 Å². The van der Waals surface area contributed by atoms with Crippen molar-refractivity contribution >= 4 is 11.8 Å². The van der Waals surface area contributed by atoms with E-state index in [0.29, 0.717) is 19.5 Å². The van der Waals surface area contributed by atoms with Crippen molar-refractivity contribution in [1.29, 1.82) is 0 Å². The van der Waals surface area contributed by atoms with Gasteiger partial charge in [-0.1, -0.05) is 62.8 Å². The number of hydrogen-bond donors (Lipinski definition) is 4. The van der Waals surface area contributed by atoms with Gasteiger partial charge in [0.05, 0.1) is 0 Å². The van der Waals surface area contributed by atoms with Gasteiger partial charge in [-0.3, -0.25) is 9.59 Å². The Labute approximate surface area is 196 Å². The summed E-state index contributed by atoms with van der Waals surface area (Å²) in [6.07, 6.45) is -0.0124. The molecule has 1 aliphatic heterocycles. The predicted octanol–water partition coefficient (Wildman–Crippen LogP) is 1.38. The molecule has 2 rings (SSSR count). The maximum absolute atomic E-state index is 13.1. The molecule has 4 N–H and O–H groups in total. The average molecular weight is 463 g/mol. The second-order valence-corrected chi connectivity index (χ2v) is 8.70. The number of rotatable bonds is 11. The van der Waals surface area contributed by atoms with Crippen molar-refractivity contribution in [3.05, 3.63) is 48.0 Å². The second kappa shape index (κ2) is 13.4. The molecule has 2 amide bonds. The number of nitrogens with one attached hydrogen (secondary N) is 1. The minimum atomic E-state index is -1.67. The SMILES string of the molecule is CCC(C)/C=C/[C@@H](O)[C@H](O)[C@@H](O)[C@@H](OC)C(=O)N[C@H]1CCCCN(Cc2ccccc2)C1=O. The third-order valence-electron chi connectivity index (χ3n) is 6.12. The van der Waals surface area contributed by atoms with Crippen LogP contribution in [0.25, 0.3) is 0 Å². The van der Waals surface area contributed by atoms with Crippen LogP contribution >= 0.6 is 0 Å². The van der Waals surface area contributed by atoms with E-state index >= 15 is 0 Å². The highest BCUT2D eigenvalue weighted by atomic mass is 16.5. The number of nitrogens with zero attached hydrogens (tertiary/aromatic N) is 1. The van der Waals surface area contributed by atoms with Crippen LogP contribution in [0.1, 0.15) is 45.1 Å². The predicted molar refractivity (Wildman–Crippen MR) is 125 cm³/mol. The molecule has 0 aromatic heterocycles. The van der Waals surface area contributed by atoms with Gasteiger partial charge in [0.25, 0.3) is 5.91 Å². The Bertz CT molecular complexity index is 771. The summed E-state index contributed by atoms with van der Waals surface area (Å²) in [5.41, 5.74) is 1.01. The first-order valence-electron chi connectivity index (χ1n) is 11.7. The summed E-state index contributed by atoms with van der Waals surface area (Å²) < 4.78 is 5.14. The van der Waals surface area contributed by atoms with Crippen LogP contribution < -0.4 is 5.32 Å². The van der Waals surface area contributed by atoms with Crippen molar-refractivity contribution in [3.63, 3.8) is 0 Å². The molecule has 6 atom stereocenters. The van der Waals surface area contributed by atoms with E-state index < -0.39 is 36.4 Å². The first-order chi connectivity index (χ1) is 15.8. The van der Waals surface area contributed by atoms with Crippen LogP contribution in [-0.4, -0.2) is 76.1 Å². The zero-order chi connectivity index (χ0) is 24.4. The molecule has 0 bridgehead atoms.